The van der Waals surface area contributed by atoms with Crippen molar-refractivity contribution in [3.05, 3.63) is 47.9 Å². The zero-order valence-corrected chi connectivity index (χ0v) is 14.0. The SMILES string of the molecule is CC(=O)c1ccc(Nc2cc(C(=O)NCC3CCCO3)ncn2)cc1. The van der Waals surface area contributed by atoms with E-state index in [1.165, 1.54) is 13.3 Å². The lowest BCUT2D eigenvalue weighted by atomic mass is 10.1. The van der Waals surface area contributed by atoms with Crippen LogP contribution in [-0.4, -0.2) is 40.9 Å². The van der Waals surface area contributed by atoms with Crippen LogP contribution in [0.15, 0.2) is 36.7 Å². The predicted octanol–water partition coefficient (Wildman–Crippen LogP) is 2.33. The Morgan fingerprint density at radius 2 is 2.04 bits per heavy atom. The molecule has 0 aliphatic carbocycles. The Bertz CT molecular complexity index is 755. The number of nitrogens with zero attached hydrogens (tertiary/aromatic N) is 2. The highest BCUT2D eigenvalue weighted by molar-refractivity contribution is 5.94. The maximum atomic E-state index is 12.2. The van der Waals surface area contributed by atoms with Gasteiger partial charge in [-0.05, 0) is 44.0 Å². The Balaban J connectivity index is 1.62. The van der Waals surface area contributed by atoms with E-state index in [4.69, 9.17) is 4.74 Å². The van der Waals surface area contributed by atoms with Gasteiger partial charge in [0.2, 0.25) is 0 Å². The van der Waals surface area contributed by atoms with Gasteiger partial charge in [0.05, 0.1) is 6.10 Å². The second-order valence-electron chi connectivity index (χ2n) is 5.89. The largest absolute Gasteiger partial charge is 0.376 e. The van der Waals surface area contributed by atoms with Crippen molar-refractivity contribution in [2.45, 2.75) is 25.9 Å². The molecule has 0 spiro atoms. The maximum Gasteiger partial charge on any atom is 0.270 e. The van der Waals surface area contributed by atoms with E-state index in [2.05, 4.69) is 20.6 Å². The summed E-state index contributed by atoms with van der Waals surface area (Å²) in [6.07, 6.45) is 3.42. The van der Waals surface area contributed by atoms with Crippen LogP contribution in [0, 0.1) is 0 Å². The minimum Gasteiger partial charge on any atom is -0.376 e. The summed E-state index contributed by atoms with van der Waals surface area (Å²) in [7, 11) is 0. The van der Waals surface area contributed by atoms with Crippen molar-refractivity contribution in [3.63, 3.8) is 0 Å². The Labute approximate surface area is 145 Å². The number of hydrogen-bond acceptors (Lipinski definition) is 6. The number of amides is 1. The highest BCUT2D eigenvalue weighted by Gasteiger charge is 2.17. The first-order valence-electron chi connectivity index (χ1n) is 8.22. The van der Waals surface area contributed by atoms with Crippen molar-refractivity contribution in [3.8, 4) is 0 Å². The van der Waals surface area contributed by atoms with Gasteiger partial charge in [-0.2, -0.15) is 0 Å². The third-order valence-corrected chi connectivity index (χ3v) is 3.98. The minimum absolute atomic E-state index is 0.0128. The number of hydrogen-bond donors (Lipinski definition) is 2. The summed E-state index contributed by atoms with van der Waals surface area (Å²) in [5.74, 6) is 0.263. The van der Waals surface area contributed by atoms with E-state index in [0.717, 1.165) is 25.1 Å². The molecule has 3 rings (SSSR count). The fourth-order valence-electron chi connectivity index (χ4n) is 2.59. The van der Waals surface area contributed by atoms with Gasteiger partial charge in [0.25, 0.3) is 5.91 Å². The van der Waals surface area contributed by atoms with Gasteiger partial charge in [-0.25, -0.2) is 9.97 Å². The first-order valence-corrected chi connectivity index (χ1v) is 8.22. The van der Waals surface area contributed by atoms with E-state index in [-0.39, 0.29) is 23.5 Å². The van der Waals surface area contributed by atoms with Gasteiger partial charge in [-0.3, -0.25) is 9.59 Å². The molecule has 7 nitrogen and oxygen atoms in total. The van der Waals surface area contributed by atoms with Crippen LogP contribution < -0.4 is 10.6 Å². The molecule has 1 saturated heterocycles. The molecule has 1 unspecified atom stereocenters. The molecule has 7 heteroatoms. The van der Waals surface area contributed by atoms with Crippen LogP contribution in [0.25, 0.3) is 0 Å². The number of carbonyl (C=O) groups excluding carboxylic acids is 2. The summed E-state index contributed by atoms with van der Waals surface area (Å²) in [5, 5.41) is 5.93. The van der Waals surface area contributed by atoms with Crippen LogP contribution in [0.4, 0.5) is 11.5 Å². The number of Topliss-reactive ketones (excluding diaryl/α,β-unsaturated/α-hetero) is 1. The van der Waals surface area contributed by atoms with Crippen LogP contribution in [-0.2, 0) is 4.74 Å². The standard InChI is InChI=1S/C18H20N4O3/c1-12(23)13-4-6-14(7-5-13)22-17-9-16(20-11-21-17)18(24)19-10-15-3-2-8-25-15/h4-7,9,11,15H,2-3,8,10H2,1H3,(H,19,24)(H,20,21,22). The van der Waals surface area contributed by atoms with E-state index in [0.29, 0.717) is 17.9 Å². The smallest absolute Gasteiger partial charge is 0.270 e. The number of benzene rings is 1. The van der Waals surface area contributed by atoms with Gasteiger partial charge < -0.3 is 15.4 Å². The lowest BCUT2D eigenvalue weighted by Gasteiger charge is -2.11. The van der Waals surface area contributed by atoms with Crippen molar-refractivity contribution in [2.24, 2.45) is 0 Å². The topological polar surface area (TPSA) is 93.2 Å². The highest BCUT2D eigenvalue weighted by Crippen LogP contribution is 2.16. The molecule has 130 valence electrons. The Hall–Kier alpha value is -2.80. The zero-order valence-electron chi connectivity index (χ0n) is 14.0. The monoisotopic (exact) mass is 340 g/mol. The van der Waals surface area contributed by atoms with Gasteiger partial charge in [-0.15, -0.1) is 0 Å². The molecule has 0 saturated carbocycles. The first-order chi connectivity index (χ1) is 12.1. The van der Waals surface area contributed by atoms with Crippen molar-refractivity contribution >= 4 is 23.2 Å². The molecule has 2 N–H and O–H groups in total. The molecular weight excluding hydrogens is 320 g/mol. The highest BCUT2D eigenvalue weighted by atomic mass is 16.5. The average molecular weight is 340 g/mol. The number of anilines is 2. The van der Waals surface area contributed by atoms with E-state index in [9.17, 15) is 9.59 Å². The molecule has 1 fully saturated rings. The molecule has 2 heterocycles. The second kappa shape index (κ2) is 7.85. The van der Waals surface area contributed by atoms with E-state index >= 15 is 0 Å². The van der Waals surface area contributed by atoms with Gasteiger partial charge in [0.15, 0.2) is 5.78 Å². The molecule has 2 aromatic rings. The minimum atomic E-state index is -0.257. The van der Waals surface area contributed by atoms with Gasteiger partial charge in [0, 0.05) is 30.5 Å². The summed E-state index contributed by atoms with van der Waals surface area (Å²) in [4.78, 5) is 31.6. The van der Waals surface area contributed by atoms with Gasteiger partial charge >= 0.3 is 0 Å². The molecule has 1 atom stereocenters. The summed E-state index contributed by atoms with van der Waals surface area (Å²) >= 11 is 0. The third-order valence-electron chi connectivity index (χ3n) is 3.98. The fraction of sp³-hybridized carbons (Fsp3) is 0.333. The molecule has 1 aliphatic heterocycles. The van der Waals surface area contributed by atoms with Gasteiger partial charge in [-0.1, -0.05) is 0 Å². The number of carbonyl (C=O) groups is 2. The van der Waals surface area contributed by atoms with Crippen LogP contribution in [0.3, 0.4) is 0 Å². The number of ketones is 1. The fourth-order valence-corrected chi connectivity index (χ4v) is 2.59. The quantitative estimate of drug-likeness (QED) is 0.784. The molecule has 1 aromatic heterocycles. The number of ether oxygens (including phenoxy) is 1. The molecule has 1 aromatic carbocycles. The second-order valence-corrected chi connectivity index (χ2v) is 5.89. The summed E-state index contributed by atoms with van der Waals surface area (Å²) in [6.45, 7) is 2.76. The maximum absolute atomic E-state index is 12.2. The summed E-state index contributed by atoms with van der Waals surface area (Å²) in [5.41, 5.74) is 1.70. The Kier molecular flexibility index (Phi) is 5.35. The normalized spacial score (nSPS) is 16.4. The van der Waals surface area contributed by atoms with Crippen molar-refractivity contribution in [1.82, 2.24) is 15.3 Å². The zero-order chi connectivity index (χ0) is 17.6. The number of nitrogens with one attached hydrogen (secondary N) is 2. The van der Waals surface area contributed by atoms with Crippen molar-refractivity contribution in [1.29, 1.82) is 0 Å². The third kappa shape index (κ3) is 4.60. The van der Waals surface area contributed by atoms with Gasteiger partial charge in [0.1, 0.15) is 17.8 Å². The van der Waals surface area contributed by atoms with E-state index in [1.54, 1.807) is 30.3 Å². The molecule has 25 heavy (non-hydrogen) atoms. The molecular formula is C18H20N4O3. The predicted molar refractivity (Wildman–Crippen MR) is 93.1 cm³/mol. The molecule has 1 aliphatic rings. The van der Waals surface area contributed by atoms with Crippen molar-refractivity contribution in [2.75, 3.05) is 18.5 Å². The molecule has 0 bridgehead atoms. The Morgan fingerprint density at radius 1 is 1.24 bits per heavy atom. The van der Waals surface area contributed by atoms with Crippen LogP contribution >= 0.6 is 0 Å². The Morgan fingerprint density at radius 3 is 2.72 bits per heavy atom. The van der Waals surface area contributed by atoms with Crippen LogP contribution in [0.2, 0.25) is 0 Å². The number of rotatable bonds is 6. The van der Waals surface area contributed by atoms with E-state index < -0.39 is 0 Å². The molecule has 1 amide bonds. The lowest BCUT2D eigenvalue weighted by molar-refractivity contribution is 0.0853. The molecule has 0 radical (unpaired) electrons. The number of aromatic nitrogens is 2. The first kappa shape index (κ1) is 17.0. The summed E-state index contributed by atoms with van der Waals surface area (Å²) in [6, 6.07) is 8.64. The van der Waals surface area contributed by atoms with Crippen molar-refractivity contribution < 1.29 is 14.3 Å². The van der Waals surface area contributed by atoms with Crippen LogP contribution in [0.5, 0.6) is 0 Å². The van der Waals surface area contributed by atoms with E-state index in [1.807, 2.05) is 0 Å². The summed E-state index contributed by atoms with van der Waals surface area (Å²) < 4.78 is 5.48. The lowest BCUT2D eigenvalue weighted by Crippen LogP contribution is -2.32. The average Bonchev–Trinajstić information content (AvgIpc) is 3.14. The van der Waals surface area contributed by atoms with Crippen LogP contribution in [0.1, 0.15) is 40.6 Å².